The zero-order valence-corrected chi connectivity index (χ0v) is 26.5. The van der Waals surface area contributed by atoms with E-state index in [4.69, 9.17) is 19.4 Å². The molecule has 11 heteroatoms. The van der Waals surface area contributed by atoms with Crippen LogP contribution in [0, 0.1) is 0 Å². The van der Waals surface area contributed by atoms with Crippen molar-refractivity contribution in [2.45, 2.75) is 109 Å². The van der Waals surface area contributed by atoms with Crippen LogP contribution >= 0.6 is 0 Å². The maximum atomic E-state index is 13.0. The van der Waals surface area contributed by atoms with Gasteiger partial charge in [0.25, 0.3) is 0 Å². The zero-order valence-electron chi connectivity index (χ0n) is 26.5. The van der Waals surface area contributed by atoms with Gasteiger partial charge in [0.2, 0.25) is 11.8 Å². The van der Waals surface area contributed by atoms with Crippen molar-refractivity contribution in [1.29, 1.82) is 0 Å². The lowest BCUT2D eigenvalue weighted by Gasteiger charge is -2.38. The summed E-state index contributed by atoms with van der Waals surface area (Å²) in [6.45, 7) is 7.35. The highest BCUT2D eigenvalue weighted by molar-refractivity contribution is 5.77. The fourth-order valence-corrected chi connectivity index (χ4v) is 5.68. The van der Waals surface area contributed by atoms with Crippen molar-refractivity contribution in [3.05, 3.63) is 70.8 Å². The smallest absolute Gasteiger partial charge is 0.323 e. The summed E-state index contributed by atoms with van der Waals surface area (Å²) in [5.41, 5.74) is 4.63. The number of hydrogen-bond donors (Lipinski definition) is 4. The molecule has 2 aromatic carbocycles. The summed E-state index contributed by atoms with van der Waals surface area (Å²) in [7, 11) is 0. The third kappa shape index (κ3) is 10.6. The predicted octanol–water partition coefficient (Wildman–Crippen LogP) is 4.21. The van der Waals surface area contributed by atoms with Gasteiger partial charge in [-0.05, 0) is 69.7 Å². The molecule has 2 saturated heterocycles. The second-order valence-corrected chi connectivity index (χ2v) is 12.8. The van der Waals surface area contributed by atoms with E-state index in [0.717, 1.165) is 41.6 Å². The van der Waals surface area contributed by atoms with Crippen LogP contribution in [0.5, 0.6) is 0 Å². The fourth-order valence-electron chi connectivity index (χ4n) is 5.68. The molecule has 4 atom stereocenters. The molecule has 4 rings (SSSR count). The van der Waals surface area contributed by atoms with Gasteiger partial charge in [-0.15, -0.1) is 0 Å². The lowest BCUT2D eigenvalue weighted by Crippen LogP contribution is -2.45. The van der Waals surface area contributed by atoms with Crippen molar-refractivity contribution in [2.24, 2.45) is 0 Å². The van der Waals surface area contributed by atoms with E-state index in [-0.39, 0.29) is 43.2 Å². The third-order valence-electron chi connectivity index (χ3n) is 8.02. The Labute approximate surface area is 265 Å². The molecule has 2 aromatic rings. The second-order valence-electron chi connectivity index (χ2n) is 12.8. The Balaban J connectivity index is 1.40. The molecular formula is C34H47N3O8. The second kappa shape index (κ2) is 16.3. The molecule has 2 aliphatic heterocycles. The van der Waals surface area contributed by atoms with Gasteiger partial charge in [-0.2, -0.15) is 0 Å². The fraction of sp³-hybridized carbons (Fsp3) is 0.559. The number of aliphatic hydroxyl groups excluding tert-OH is 1. The van der Waals surface area contributed by atoms with Crippen LogP contribution in [0.25, 0.3) is 0 Å². The summed E-state index contributed by atoms with van der Waals surface area (Å²) in [6.07, 6.45) is 2.76. The van der Waals surface area contributed by atoms with Gasteiger partial charge in [0.15, 0.2) is 6.29 Å². The molecule has 0 bridgehead atoms. The van der Waals surface area contributed by atoms with E-state index in [1.807, 2.05) is 69.3 Å². The number of carbonyl (C=O) groups is 3. The van der Waals surface area contributed by atoms with E-state index in [1.165, 1.54) is 0 Å². The van der Waals surface area contributed by atoms with E-state index in [9.17, 15) is 19.5 Å². The van der Waals surface area contributed by atoms with Gasteiger partial charge in [0, 0.05) is 37.9 Å². The number of rotatable bonds is 13. The number of amides is 2. The van der Waals surface area contributed by atoms with Crippen LogP contribution in [0.2, 0.25) is 0 Å². The Morgan fingerprint density at radius 3 is 2.22 bits per heavy atom. The highest BCUT2D eigenvalue weighted by Crippen LogP contribution is 2.39. The number of hydroxylamine groups is 1. The van der Waals surface area contributed by atoms with Crippen LogP contribution in [-0.2, 0) is 41.7 Å². The Bertz CT molecular complexity index is 1260. The van der Waals surface area contributed by atoms with Crippen molar-refractivity contribution >= 4 is 17.8 Å². The quantitative estimate of drug-likeness (QED) is 0.111. The van der Waals surface area contributed by atoms with E-state index in [1.54, 1.807) is 5.48 Å². The number of unbranched alkanes of at least 4 members (excludes halogenated alkanes) is 1. The van der Waals surface area contributed by atoms with Gasteiger partial charge < -0.3 is 24.6 Å². The van der Waals surface area contributed by atoms with Gasteiger partial charge in [-0.3, -0.25) is 24.5 Å². The first kappa shape index (κ1) is 34.5. The maximum Gasteiger partial charge on any atom is 0.323 e. The summed E-state index contributed by atoms with van der Waals surface area (Å²) in [5.74, 6) is -0.761. The highest BCUT2D eigenvalue weighted by atomic mass is 16.7. The maximum absolute atomic E-state index is 13.0. The minimum absolute atomic E-state index is 0.0304. The molecule has 2 heterocycles. The van der Waals surface area contributed by atoms with Gasteiger partial charge >= 0.3 is 5.97 Å². The molecule has 45 heavy (non-hydrogen) atoms. The highest BCUT2D eigenvalue weighted by Gasteiger charge is 2.38. The number of nitrogens with zero attached hydrogens (tertiary/aromatic N) is 1. The normalized spacial score (nSPS) is 22.2. The number of benzene rings is 2. The average molecular weight is 626 g/mol. The summed E-state index contributed by atoms with van der Waals surface area (Å²) in [5, 5.41) is 20.9. The van der Waals surface area contributed by atoms with E-state index in [2.05, 4.69) is 10.2 Å². The van der Waals surface area contributed by atoms with Crippen molar-refractivity contribution in [2.75, 3.05) is 13.1 Å². The van der Waals surface area contributed by atoms with Gasteiger partial charge in [-0.1, -0.05) is 48.5 Å². The van der Waals surface area contributed by atoms with Crippen LogP contribution < -0.4 is 10.8 Å². The Kier molecular flexibility index (Phi) is 12.5. The molecule has 11 nitrogen and oxygen atoms in total. The lowest BCUT2D eigenvalue weighted by atomic mass is 9.99. The standard InChI is InChI=1S/C34H47N3O8/c1-34(2,3)45-32(41)28-7-6-18-37(28)21-27-19-29(25-14-12-24(22-38)13-15-25)44-33(43-27)26-16-10-23(11-17-26)20-35-30(39)8-4-5-9-31(40)36-42/h10-17,27-29,33,38,42H,4-9,18-22H2,1-3H3,(H,35,39)(H,36,40)/t27-,28-,29+,33+/m0/s1. The van der Waals surface area contributed by atoms with Crippen LogP contribution in [0.3, 0.4) is 0 Å². The van der Waals surface area contributed by atoms with E-state index < -0.39 is 17.8 Å². The first-order chi connectivity index (χ1) is 21.5. The van der Waals surface area contributed by atoms with Crippen LogP contribution in [0.4, 0.5) is 0 Å². The topological polar surface area (TPSA) is 147 Å². The Morgan fingerprint density at radius 2 is 1.58 bits per heavy atom. The summed E-state index contributed by atoms with van der Waals surface area (Å²) in [6, 6.07) is 15.2. The minimum atomic E-state index is -0.631. The number of hydrogen-bond acceptors (Lipinski definition) is 9. The lowest BCUT2D eigenvalue weighted by molar-refractivity contribution is -0.253. The molecule has 246 valence electrons. The van der Waals surface area contributed by atoms with Gasteiger partial charge in [-0.25, -0.2) is 5.48 Å². The molecular weight excluding hydrogens is 578 g/mol. The van der Waals surface area contributed by atoms with Gasteiger partial charge in [0.1, 0.15) is 11.6 Å². The Morgan fingerprint density at radius 1 is 0.933 bits per heavy atom. The summed E-state index contributed by atoms with van der Waals surface area (Å²) in [4.78, 5) is 38.5. The molecule has 0 radical (unpaired) electrons. The number of ether oxygens (including phenoxy) is 3. The van der Waals surface area contributed by atoms with Crippen molar-refractivity contribution < 1.29 is 38.9 Å². The van der Waals surface area contributed by atoms with Crippen LogP contribution in [0.15, 0.2) is 48.5 Å². The first-order valence-electron chi connectivity index (χ1n) is 15.8. The van der Waals surface area contributed by atoms with Crippen molar-refractivity contribution in [1.82, 2.24) is 15.7 Å². The SMILES string of the molecule is CC(C)(C)OC(=O)[C@@H]1CCCN1C[C@@H]1C[C@H](c2ccc(CO)cc2)O[C@H](c2ccc(CNC(=O)CCCCC(=O)NO)cc2)O1. The predicted molar refractivity (Wildman–Crippen MR) is 166 cm³/mol. The molecule has 2 aliphatic rings. The number of carbonyl (C=O) groups excluding carboxylic acids is 3. The Hall–Kier alpha value is -3.35. The van der Waals surface area contributed by atoms with Crippen molar-refractivity contribution in [3.8, 4) is 0 Å². The largest absolute Gasteiger partial charge is 0.459 e. The summed E-state index contributed by atoms with van der Waals surface area (Å²) >= 11 is 0. The van der Waals surface area contributed by atoms with Crippen LogP contribution in [0.1, 0.15) is 100 Å². The minimum Gasteiger partial charge on any atom is -0.459 e. The van der Waals surface area contributed by atoms with Crippen molar-refractivity contribution in [3.63, 3.8) is 0 Å². The van der Waals surface area contributed by atoms with Gasteiger partial charge in [0.05, 0.1) is 18.8 Å². The zero-order chi connectivity index (χ0) is 32.4. The average Bonchev–Trinajstić information content (AvgIpc) is 3.49. The first-order valence-corrected chi connectivity index (χ1v) is 15.8. The molecule has 0 unspecified atom stereocenters. The molecule has 2 amide bonds. The molecule has 4 N–H and O–H groups in total. The number of likely N-dealkylation sites (tertiary alicyclic amines) is 1. The molecule has 0 spiro atoms. The third-order valence-corrected chi connectivity index (χ3v) is 8.02. The van der Waals surface area contributed by atoms with E-state index in [0.29, 0.717) is 38.8 Å². The van der Waals surface area contributed by atoms with Crippen LogP contribution in [-0.4, -0.2) is 63.8 Å². The van der Waals surface area contributed by atoms with E-state index >= 15 is 0 Å². The molecule has 0 aromatic heterocycles. The number of esters is 1. The molecule has 0 saturated carbocycles. The monoisotopic (exact) mass is 625 g/mol. The number of aliphatic hydroxyl groups is 1. The molecule has 0 aliphatic carbocycles. The number of nitrogens with one attached hydrogen (secondary N) is 2. The molecule has 2 fully saturated rings. The summed E-state index contributed by atoms with van der Waals surface area (Å²) < 4.78 is 18.7.